The number of rotatable bonds is 0. The van der Waals surface area contributed by atoms with Crippen molar-refractivity contribution in [3.8, 4) is 5.75 Å². The maximum Gasteiger partial charge on any atom is 0.139 e. The van der Waals surface area contributed by atoms with Gasteiger partial charge in [0.25, 0.3) is 0 Å². The van der Waals surface area contributed by atoms with Crippen molar-refractivity contribution in [2.45, 2.75) is 52.4 Å². The second kappa shape index (κ2) is 4.47. The number of carbonyl (C=O) groups excluding carboxylic acids is 1. The van der Waals surface area contributed by atoms with Crippen molar-refractivity contribution >= 4 is 11.9 Å². The van der Waals surface area contributed by atoms with Gasteiger partial charge in [0.1, 0.15) is 11.5 Å². The van der Waals surface area contributed by atoms with E-state index < -0.39 is 0 Å². The molecule has 22 heavy (non-hydrogen) atoms. The molecule has 1 aromatic carbocycles. The molecule has 2 nitrogen and oxygen atoms in total. The fourth-order valence-electron chi connectivity index (χ4n) is 5.36. The number of allylic oxidation sites excluding steroid dienone is 1. The molecule has 2 fully saturated rings. The molecule has 2 heteroatoms. The van der Waals surface area contributed by atoms with E-state index in [1.807, 2.05) is 13.0 Å². The maximum atomic E-state index is 12.4. The Morgan fingerprint density at radius 2 is 2.00 bits per heavy atom. The molecule has 0 spiro atoms. The van der Waals surface area contributed by atoms with Gasteiger partial charge in [-0.1, -0.05) is 19.1 Å². The van der Waals surface area contributed by atoms with Crippen molar-refractivity contribution in [2.75, 3.05) is 0 Å². The lowest BCUT2D eigenvalue weighted by atomic mass is 9.57. The molecular formula is C20H24O2. The average molecular weight is 296 g/mol. The van der Waals surface area contributed by atoms with Crippen LogP contribution in [-0.2, 0) is 4.79 Å². The van der Waals surface area contributed by atoms with Crippen LogP contribution in [0.25, 0.3) is 6.08 Å². The number of hydrogen-bond donors (Lipinski definition) is 1. The third kappa shape index (κ3) is 1.64. The zero-order chi connectivity index (χ0) is 15.6. The molecule has 116 valence electrons. The lowest BCUT2D eigenvalue weighted by Crippen LogP contribution is -2.41. The van der Waals surface area contributed by atoms with Crippen LogP contribution in [0.15, 0.2) is 12.1 Å². The third-order valence-electron chi connectivity index (χ3n) is 6.86. The zero-order valence-electron chi connectivity index (χ0n) is 13.6. The Morgan fingerprint density at radius 1 is 1.23 bits per heavy atom. The van der Waals surface area contributed by atoms with Crippen LogP contribution in [0.2, 0.25) is 0 Å². The predicted octanol–water partition coefficient (Wildman–Crippen LogP) is 4.51. The largest absolute Gasteiger partial charge is 0.508 e. The Kier molecular flexibility index (Phi) is 2.85. The van der Waals surface area contributed by atoms with E-state index in [2.05, 4.69) is 26.0 Å². The van der Waals surface area contributed by atoms with Crippen LogP contribution >= 0.6 is 0 Å². The molecule has 1 N–H and O–H groups in total. The van der Waals surface area contributed by atoms with E-state index in [0.717, 1.165) is 31.2 Å². The van der Waals surface area contributed by atoms with E-state index in [0.29, 0.717) is 29.3 Å². The average Bonchev–Trinajstić information content (AvgIpc) is 2.80. The molecule has 4 rings (SSSR count). The van der Waals surface area contributed by atoms with Gasteiger partial charge < -0.3 is 5.11 Å². The summed E-state index contributed by atoms with van der Waals surface area (Å²) in [5.74, 6) is 2.38. The highest BCUT2D eigenvalue weighted by Crippen LogP contribution is 2.59. The number of fused-ring (bicyclic) bond motifs is 5. The van der Waals surface area contributed by atoms with Gasteiger partial charge in [0.15, 0.2) is 0 Å². The fourth-order valence-corrected chi connectivity index (χ4v) is 5.36. The molecule has 3 aliphatic carbocycles. The Balaban J connectivity index is 1.83. The Hall–Kier alpha value is -1.57. The van der Waals surface area contributed by atoms with Gasteiger partial charge in [-0.25, -0.2) is 0 Å². The first-order chi connectivity index (χ1) is 10.4. The summed E-state index contributed by atoms with van der Waals surface area (Å²) in [6.45, 7) is 6.34. The smallest absolute Gasteiger partial charge is 0.139 e. The molecule has 4 unspecified atom stereocenters. The zero-order valence-corrected chi connectivity index (χ0v) is 13.6. The highest BCUT2D eigenvalue weighted by molar-refractivity contribution is 5.87. The standard InChI is InChI=1S/C20H24O2/c1-11-12(2)19-13(10-17(11)21)4-5-14-15(19)8-9-20(3)16(14)6-7-18(20)22/h4-5,10,14-16,21H,6-9H2,1-3H3. The summed E-state index contributed by atoms with van der Waals surface area (Å²) in [5.41, 5.74) is 4.74. The minimum atomic E-state index is -0.0944. The van der Waals surface area contributed by atoms with Gasteiger partial charge in [-0.3, -0.25) is 4.79 Å². The van der Waals surface area contributed by atoms with Crippen molar-refractivity contribution in [1.29, 1.82) is 0 Å². The summed E-state index contributed by atoms with van der Waals surface area (Å²) in [5, 5.41) is 10.1. The first kappa shape index (κ1) is 14.0. The summed E-state index contributed by atoms with van der Waals surface area (Å²) in [6.07, 6.45) is 8.42. The highest BCUT2D eigenvalue weighted by Gasteiger charge is 2.54. The Morgan fingerprint density at radius 3 is 2.77 bits per heavy atom. The van der Waals surface area contributed by atoms with Crippen LogP contribution in [0, 0.1) is 31.1 Å². The van der Waals surface area contributed by atoms with E-state index in [1.54, 1.807) is 0 Å². The molecule has 0 amide bonds. The molecule has 0 heterocycles. The molecule has 3 aliphatic rings. The minimum absolute atomic E-state index is 0.0944. The fraction of sp³-hybridized carbons (Fsp3) is 0.550. The molecular weight excluding hydrogens is 272 g/mol. The second-order valence-corrected chi connectivity index (χ2v) is 7.72. The van der Waals surface area contributed by atoms with Crippen LogP contribution in [0.3, 0.4) is 0 Å². The number of Topliss-reactive ketones (excluding diaryl/α,β-unsaturated/α-hetero) is 1. The second-order valence-electron chi connectivity index (χ2n) is 7.72. The highest BCUT2D eigenvalue weighted by atomic mass is 16.3. The molecule has 0 radical (unpaired) electrons. The van der Waals surface area contributed by atoms with Crippen LogP contribution in [0.5, 0.6) is 5.75 Å². The van der Waals surface area contributed by atoms with E-state index >= 15 is 0 Å². The normalized spacial score (nSPS) is 36.0. The Labute approximate surface area is 132 Å². The van der Waals surface area contributed by atoms with Crippen LogP contribution in [0.1, 0.15) is 60.8 Å². The number of phenolic OH excluding ortho intramolecular Hbond substituents is 1. The van der Waals surface area contributed by atoms with E-state index in [9.17, 15) is 9.90 Å². The quantitative estimate of drug-likeness (QED) is 0.764. The van der Waals surface area contributed by atoms with Gasteiger partial charge in [0.2, 0.25) is 0 Å². The van der Waals surface area contributed by atoms with Crippen molar-refractivity contribution < 1.29 is 9.90 Å². The molecule has 0 bridgehead atoms. The maximum absolute atomic E-state index is 12.4. The van der Waals surface area contributed by atoms with E-state index in [-0.39, 0.29) is 5.41 Å². The van der Waals surface area contributed by atoms with Gasteiger partial charge in [-0.15, -0.1) is 0 Å². The van der Waals surface area contributed by atoms with Gasteiger partial charge in [0, 0.05) is 11.8 Å². The minimum Gasteiger partial charge on any atom is -0.508 e. The van der Waals surface area contributed by atoms with Crippen molar-refractivity contribution in [1.82, 2.24) is 0 Å². The molecule has 2 saturated carbocycles. The lowest BCUT2D eigenvalue weighted by molar-refractivity contribution is -0.128. The van der Waals surface area contributed by atoms with E-state index in [4.69, 9.17) is 0 Å². The van der Waals surface area contributed by atoms with Gasteiger partial charge >= 0.3 is 0 Å². The first-order valence-electron chi connectivity index (χ1n) is 8.48. The van der Waals surface area contributed by atoms with Crippen molar-refractivity contribution in [3.63, 3.8) is 0 Å². The number of carbonyl (C=O) groups is 1. The molecule has 0 aliphatic heterocycles. The van der Waals surface area contributed by atoms with Gasteiger partial charge in [0.05, 0.1) is 0 Å². The summed E-state index contributed by atoms with van der Waals surface area (Å²) < 4.78 is 0. The van der Waals surface area contributed by atoms with Crippen molar-refractivity contribution in [3.05, 3.63) is 34.4 Å². The van der Waals surface area contributed by atoms with Crippen LogP contribution < -0.4 is 0 Å². The molecule has 0 aromatic heterocycles. The Bertz CT molecular complexity index is 700. The molecule has 1 aromatic rings. The summed E-state index contributed by atoms with van der Waals surface area (Å²) in [4.78, 5) is 12.4. The number of benzene rings is 1. The molecule has 0 saturated heterocycles. The van der Waals surface area contributed by atoms with Gasteiger partial charge in [-0.2, -0.15) is 0 Å². The third-order valence-corrected chi connectivity index (χ3v) is 6.86. The van der Waals surface area contributed by atoms with Crippen LogP contribution in [-0.4, -0.2) is 10.9 Å². The monoisotopic (exact) mass is 296 g/mol. The SMILES string of the molecule is Cc1c(O)cc2c(c1C)C1CCC3(C)C(=O)CCC3C1C=C2. The predicted molar refractivity (Wildman–Crippen MR) is 87.9 cm³/mol. The number of ketones is 1. The number of hydrogen-bond acceptors (Lipinski definition) is 2. The van der Waals surface area contributed by atoms with E-state index in [1.165, 1.54) is 16.7 Å². The van der Waals surface area contributed by atoms with Crippen molar-refractivity contribution in [2.24, 2.45) is 17.3 Å². The summed E-state index contributed by atoms with van der Waals surface area (Å²) >= 11 is 0. The van der Waals surface area contributed by atoms with Crippen LogP contribution in [0.4, 0.5) is 0 Å². The molecule has 4 atom stereocenters. The topological polar surface area (TPSA) is 37.3 Å². The summed E-state index contributed by atoms with van der Waals surface area (Å²) in [6, 6.07) is 1.91. The lowest BCUT2D eigenvalue weighted by Gasteiger charge is -2.46. The number of aromatic hydroxyl groups is 1. The summed E-state index contributed by atoms with van der Waals surface area (Å²) in [7, 11) is 0. The first-order valence-corrected chi connectivity index (χ1v) is 8.48. The number of phenols is 1. The van der Waals surface area contributed by atoms with Gasteiger partial charge in [-0.05, 0) is 79.2 Å².